The summed E-state index contributed by atoms with van der Waals surface area (Å²) in [5.74, 6) is 0.221. The summed E-state index contributed by atoms with van der Waals surface area (Å²) in [7, 11) is 0. The van der Waals surface area contributed by atoms with Crippen molar-refractivity contribution < 1.29 is 14.3 Å². The van der Waals surface area contributed by atoms with E-state index in [0.717, 1.165) is 30.2 Å². The van der Waals surface area contributed by atoms with Gasteiger partial charge in [-0.2, -0.15) is 0 Å². The zero-order valence-corrected chi connectivity index (χ0v) is 19.3. The largest absolute Gasteiger partial charge is 0.378 e. The minimum absolute atomic E-state index is 0.192. The Balaban J connectivity index is 1.50. The highest BCUT2D eigenvalue weighted by molar-refractivity contribution is 7.17. The Morgan fingerprint density at radius 1 is 1.13 bits per heavy atom. The number of aryl methyl sites for hydroxylation is 1. The van der Waals surface area contributed by atoms with Crippen molar-refractivity contribution in [2.45, 2.75) is 40.2 Å². The molecule has 3 rings (SSSR count). The van der Waals surface area contributed by atoms with Gasteiger partial charge in [-0.1, -0.05) is 49.4 Å². The second-order valence-corrected chi connectivity index (χ2v) is 9.10. The summed E-state index contributed by atoms with van der Waals surface area (Å²) >= 11 is 1.32. The normalized spacial score (nSPS) is 14.9. The molecule has 1 saturated heterocycles. The third-order valence-corrected chi connectivity index (χ3v) is 6.25. The van der Waals surface area contributed by atoms with Crippen LogP contribution in [-0.4, -0.2) is 43.2 Å². The van der Waals surface area contributed by atoms with Gasteiger partial charge in [0.25, 0.3) is 5.91 Å². The number of thiazole rings is 1. The lowest BCUT2D eigenvalue weighted by Crippen LogP contribution is -2.47. The average molecular weight is 446 g/mol. The van der Waals surface area contributed by atoms with Crippen LogP contribution in [0.2, 0.25) is 0 Å². The highest BCUT2D eigenvalue weighted by atomic mass is 32.1. The molecule has 0 radical (unpaired) electrons. The molecule has 1 fully saturated rings. The van der Waals surface area contributed by atoms with Gasteiger partial charge in [-0.15, -0.1) is 0 Å². The van der Waals surface area contributed by atoms with Gasteiger partial charge < -0.3 is 15.0 Å². The number of aromatic nitrogens is 1. The lowest BCUT2D eigenvalue weighted by atomic mass is 10.00. The predicted molar refractivity (Wildman–Crippen MR) is 122 cm³/mol. The molecular weight excluding hydrogens is 414 g/mol. The van der Waals surface area contributed by atoms with Gasteiger partial charge in [-0.3, -0.25) is 10.2 Å². The first-order valence-electron chi connectivity index (χ1n) is 10.6. The summed E-state index contributed by atoms with van der Waals surface area (Å²) in [6, 6.07) is 7.56. The molecule has 1 aliphatic rings. The summed E-state index contributed by atoms with van der Waals surface area (Å²) < 4.78 is 5.36. The summed E-state index contributed by atoms with van der Waals surface area (Å²) in [6.45, 7) is 10.9. The molecule has 9 heteroatoms. The molecule has 1 aromatic carbocycles. The fourth-order valence-corrected chi connectivity index (χ4v) is 4.40. The molecular formula is C22H31N5O3S. The number of urea groups is 1. The summed E-state index contributed by atoms with van der Waals surface area (Å²) in [5.41, 5.74) is 7.82. The van der Waals surface area contributed by atoms with Crippen molar-refractivity contribution in [1.82, 2.24) is 21.2 Å². The van der Waals surface area contributed by atoms with Crippen LogP contribution in [0.25, 0.3) is 0 Å². The van der Waals surface area contributed by atoms with Crippen LogP contribution in [-0.2, 0) is 11.2 Å². The van der Waals surface area contributed by atoms with E-state index in [-0.39, 0.29) is 11.9 Å². The van der Waals surface area contributed by atoms with E-state index >= 15 is 0 Å². The van der Waals surface area contributed by atoms with Crippen molar-refractivity contribution in [2.75, 3.05) is 31.2 Å². The van der Waals surface area contributed by atoms with Crippen molar-refractivity contribution in [3.05, 3.63) is 46.0 Å². The number of hydrogen-bond acceptors (Lipinski definition) is 6. The number of anilines is 1. The second kappa shape index (κ2) is 10.6. The Morgan fingerprint density at radius 2 is 1.81 bits per heavy atom. The van der Waals surface area contributed by atoms with Crippen molar-refractivity contribution in [2.24, 2.45) is 5.92 Å². The summed E-state index contributed by atoms with van der Waals surface area (Å²) in [4.78, 5) is 31.8. The van der Waals surface area contributed by atoms with Gasteiger partial charge in [-0.05, 0) is 37.3 Å². The average Bonchev–Trinajstić information content (AvgIpc) is 3.14. The molecule has 31 heavy (non-hydrogen) atoms. The van der Waals surface area contributed by atoms with E-state index in [1.165, 1.54) is 16.9 Å². The molecule has 0 saturated carbocycles. The third kappa shape index (κ3) is 6.41. The van der Waals surface area contributed by atoms with E-state index in [2.05, 4.69) is 52.0 Å². The van der Waals surface area contributed by atoms with Crippen LogP contribution in [0.3, 0.4) is 0 Å². The van der Waals surface area contributed by atoms with E-state index in [9.17, 15) is 9.59 Å². The van der Waals surface area contributed by atoms with E-state index in [0.29, 0.717) is 29.7 Å². The van der Waals surface area contributed by atoms with Gasteiger partial charge in [0.1, 0.15) is 4.88 Å². The molecule has 2 heterocycles. The first-order valence-corrected chi connectivity index (χ1v) is 11.4. The van der Waals surface area contributed by atoms with E-state index < -0.39 is 6.03 Å². The van der Waals surface area contributed by atoms with Gasteiger partial charge >= 0.3 is 6.03 Å². The van der Waals surface area contributed by atoms with Crippen LogP contribution in [0.1, 0.15) is 53.3 Å². The van der Waals surface area contributed by atoms with Crippen LogP contribution >= 0.6 is 11.3 Å². The number of benzene rings is 1. The Morgan fingerprint density at radius 3 is 2.45 bits per heavy atom. The number of rotatable bonds is 6. The number of hydrazine groups is 1. The lowest BCUT2D eigenvalue weighted by Gasteiger charge is -2.25. The van der Waals surface area contributed by atoms with Crippen molar-refractivity contribution >= 4 is 28.4 Å². The van der Waals surface area contributed by atoms with Crippen LogP contribution in [0.15, 0.2) is 24.3 Å². The number of ether oxygens (including phenoxy) is 1. The maximum absolute atomic E-state index is 12.5. The Labute approximate surface area is 187 Å². The number of amides is 3. The fourth-order valence-electron chi connectivity index (χ4n) is 3.38. The van der Waals surface area contributed by atoms with Crippen LogP contribution in [0, 0.1) is 12.8 Å². The Bertz CT molecular complexity index is 891. The van der Waals surface area contributed by atoms with Gasteiger partial charge in [0.2, 0.25) is 0 Å². The number of hydrogen-bond donors (Lipinski definition) is 3. The maximum Gasteiger partial charge on any atom is 0.333 e. The molecule has 1 aromatic heterocycles. The second-order valence-electron chi connectivity index (χ2n) is 8.12. The van der Waals surface area contributed by atoms with Crippen molar-refractivity contribution in [3.63, 3.8) is 0 Å². The van der Waals surface area contributed by atoms with Crippen LogP contribution in [0.5, 0.6) is 0 Å². The molecule has 168 valence electrons. The summed E-state index contributed by atoms with van der Waals surface area (Å²) in [5, 5.41) is 3.63. The van der Waals surface area contributed by atoms with Gasteiger partial charge in [0.15, 0.2) is 5.13 Å². The molecule has 0 aliphatic carbocycles. The number of nitrogens with one attached hydrogen (secondary N) is 3. The monoisotopic (exact) mass is 445 g/mol. The first-order chi connectivity index (χ1) is 14.8. The fraction of sp³-hybridized carbons (Fsp3) is 0.500. The molecule has 3 N–H and O–H groups in total. The van der Waals surface area contributed by atoms with Gasteiger partial charge in [0.05, 0.1) is 24.9 Å². The molecule has 3 amide bonds. The van der Waals surface area contributed by atoms with Crippen LogP contribution < -0.4 is 21.1 Å². The SMILES string of the molecule is Cc1nc(N2CCOCC2)sc1C(=O)NNC(=O)N[C@H](C)c1ccc(CC(C)C)cc1. The standard InChI is InChI=1S/C22H31N5O3S/c1-14(2)13-17-5-7-18(8-6-17)15(3)23-21(29)26-25-20(28)19-16(4)24-22(31-19)27-9-11-30-12-10-27/h5-8,14-15H,9-13H2,1-4H3,(H,25,28)(H2,23,26,29)/t15-/m1/s1. The summed E-state index contributed by atoms with van der Waals surface area (Å²) in [6.07, 6.45) is 1.03. The molecule has 0 bridgehead atoms. The quantitative estimate of drug-likeness (QED) is 0.594. The number of carbonyl (C=O) groups is 2. The van der Waals surface area contributed by atoms with E-state index in [1.54, 1.807) is 6.92 Å². The smallest absolute Gasteiger partial charge is 0.333 e. The van der Waals surface area contributed by atoms with E-state index in [1.807, 2.05) is 19.1 Å². The predicted octanol–water partition coefficient (Wildman–Crippen LogP) is 3.19. The van der Waals surface area contributed by atoms with Gasteiger partial charge in [0, 0.05) is 13.1 Å². The minimum atomic E-state index is -0.470. The van der Waals surface area contributed by atoms with Crippen molar-refractivity contribution in [1.29, 1.82) is 0 Å². The van der Waals surface area contributed by atoms with Crippen LogP contribution in [0.4, 0.5) is 9.93 Å². The highest BCUT2D eigenvalue weighted by Gasteiger charge is 2.21. The lowest BCUT2D eigenvalue weighted by molar-refractivity contribution is 0.0939. The number of morpholine rings is 1. The zero-order valence-electron chi connectivity index (χ0n) is 18.5. The zero-order chi connectivity index (χ0) is 22.4. The highest BCUT2D eigenvalue weighted by Crippen LogP contribution is 2.26. The van der Waals surface area contributed by atoms with Crippen molar-refractivity contribution in [3.8, 4) is 0 Å². The number of carbonyl (C=O) groups excluding carboxylic acids is 2. The molecule has 0 spiro atoms. The third-order valence-electron chi connectivity index (χ3n) is 5.03. The molecule has 0 unspecified atom stereocenters. The first kappa shape index (κ1) is 23.0. The van der Waals surface area contributed by atoms with Gasteiger partial charge in [-0.25, -0.2) is 15.2 Å². The molecule has 1 atom stereocenters. The maximum atomic E-state index is 12.5. The topological polar surface area (TPSA) is 95.6 Å². The van der Waals surface area contributed by atoms with E-state index in [4.69, 9.17) is 4.74 Å². The molecule has 8 nitrogen and oxygen atoms in total. The Hall–Kier alpha value is -2.65. The molecule has 2 aromatic rings. The minimum Gasteiger partial charge on any atom is -0.378 e. The molecule has 1 aliphatic heterocycles. The Kier molecular flexibility index (Phi) is 7.86. The number of nitrogens with zero attached hydrogens (tertiary/aromatic N) is 2.